The van der Waals surface area contributed by atoms with Crippen molar-refractivity contribution >= 4 is 11.6 Å². The van der Waals surface area contributed by atoms with E-state index in [1.54, 1.807) is 7.11 Å². The summed E-state index contributed by atoms with van der Waals surface area (Å²) < 4.78 is 5.17. The molecule has 1 fully saturated rings. The van der Waals surface area contributed by atoms with Crippen LogP contribution < -0.4 is 5.32 Å². The van der Waals surface area contributed by atoms with E-state index in [1.165, 1.54) is 0 Å². The summed E-state index contributed by atoms with van der Waals surface area (Å²) in [5, 5.41) is 3.16. The van der Waals surface area contributed by atoms with Crippen LogP contribution >= 0.6 is 0 Å². The Hall–Kier alpha value is -1.55. The second-order valence-corrected chi connectivity index (χ2v) is 5.00. The van der Waals surface area contributed by atoms with Gasteiger partial charge in [-0.25, -0.2) is 0 Å². The number of methoxy groups -OCH3 is 1. The number of carbonyl (C=O) groups is 1. The summed E-state index contributed by atoms with van der Waals surface area (Å²) in [5.74, 6) is 0.788. The number of ether oxygens (including phenoxy) is 1. The highest BCUT2D eigenvalue weighted by Gasteiger charge is 2.22. The van der Waals surface area contributed by atoms with Crippen molar-refractivity contribution in [3.63, 3.8) is 0 Å². The Morgan fingerprint density at radius 2 is 2.00 bits per heavy atom. The maximum Gasteiger partial charge on any atom is 0.241 e. The number of hydrogen-bond donors (Lipinski definition) is 1. The molecule has 1 saturated heterocycles. The lowest BCUT2D eigenvalue weighted by Crippen LogP contribution is -2.42. The van der Waals surface area contributed by atoms with Crippen molar-refractivity contribution in [2.24, 2.45) is 5.92 Å². The van der Waals surface area contributed by atoms with E-state index in [0.717, 1.165) is 38.2 Å². The molecule has 0 unspecified atom stereocenters. The Morgan fingerprint density at radius 1 is 1.32 bits per heavy atom. The molecule has 4 heteroatoms. The first-order valence-electron chi connectivity index (χ1n) is 6.85. The lowest BCUT2D eigenvalue weighted by molar-refractivity contribution is -0.130. The number of nitrogens with zero attached hydrogens (tertiary/aromatic N) is 1. The summed E-state index contributed by atoms with van der Waals surface area (Å²) in [5.41, 5.74) is 0.991. The van der Waals surface area contributed by atoms with Crippen LogP contribution in [0.2, 0.25) is 0 Å². The van der Waals surface area contributed by atoms with Crippen LogP contribution in [0.15, 0.2) is 30.3 Å². The number of hydrogen-bond acceptors (Lipinski definition) is 3. The summed E-state index contributed by atoms with van der Waals surface area (Å²) in [6.07, 6.45) is 2.09. The molecule has 1 heterocycles. The molecule has 1 amide bonds. The van der Waals surface area contributed by atoms with Crippen LogP contribution in [-0.2, 0) is 9.53 Å². The van der Waals surface area contributed by atoms with Gasteiger partial charge < -0.3 is 15.0 Å². The molecular weight excluding hydrogens is 240 g/mol. The molecule has 1 aromatic rings. The van der Waals surface area contributed by atoms with Gasteiger partial charge in [-0.1, -0.05) is 18.2 Å². The van der Waals surface area contributed by atoms with E-state index in [-0.39, 0.29) is 5.91 Å². The first-order valence-corrected chi connectivity index (χ1v) is 6.85. The van der Waals surface area contributed by atoms with E-state index in [9.17, 15) is 4.79 Å². The fraction of sp³-hybridized carbons (Fsp3) is 0.533. The van der Waals surface area contributed by atoms with Gasteiger partial charge >= 0.3 is 0 Å². The smallest absolute Gasteiger partial charge is 0.241 e. The molecular formula is C15H22N2O2. The standard InChI is InChI=1S/C15H22N2O2/c1-19-12-13-7-9-17(10-8-13)15(18)11-16-14-5-3-2-4-6-14/h2-6,13,16H,7-12H2,1H3. The number of nitrogens with one attached hydrogen (secondary N) is 1. The molecule has 0 saturated carbocycles. The average molecular weight is 262 g/mol. The van der Waals surface area contributed by atoms with Gasteiger partial charge in [-0.15, -0.1) is 0 Å². The molecule has 1 N–H and O–H groups in total. The van der Waals surface area contributed by atoms with E-state index in [0.29, 0.717) is 12.5 Å². The minimum atomic E-state index is 0.180. The normalized spacial score (nSPS) is 16.4. The molecule has 1 aliphatic rings. The number of para-hydroxylation sites is 1. The fourth-order valence-electron chi connectivity index (χ4n) is 2.43. The zero-order chi connectivity index (χ0) is 13.5. The number of amides is 1. The first-order chi connectivity index (χ1) is 9.29. The van der Waals surface area contributed by atoms with Crippen LogP contribution in [0.5, 0.6) is 0 Å². The van der Waals surface area contributed by atoms with E-state index in [1.807, 2.05) is 35.2 Å². The molecule has 19 heavy (non-hydrogen) atoms. The van der Waals surface area contributed by atoms with Crippen LogP contribution in [0.4, 0.5) is 5.69 Å². The maximum absolute atomic E-state index is 12.1. The first kappa shape index (κ1) is 13.9. The van der Waals surface area contributed by atoms with E-state index < -0.39 is 0 Å². The van der Waals surface area contributed by atoms with Crippen molar-refractivity contribution in [2.75, 3.05) is 38.7 Å². The van der Waals surface area contributed by atoms with Crippen molar-refractivity contribution in [1.29, 1.82) is 0 Å². The highest BCUT2D eigenvalue weighted by molar-refractivity contribution is 5.80. The monoisotopic (exact) mass is 262 g/mol. The van der Waals surface area contributed by atoms with Gasteiger partial charge in [0, 0.05) is 32.5 Å². The van der Waals surface area contributed by atoms with Gasteiger partial charge in [-0.2, -0.15) is 0 Å². The highest BCUT2D eigenvalue weighted by atomic mass is 16.5. The molecule has 0 radical (unpaired) electrons. The Labute approximate surface area is 114 Å². The number of piperidine rings is 1. The maximum atomic E-state index is 12.1. The zero-order valence-electron chi connectivity index (χ0n) is 11.5. The predicted octanol–water partition coefficient (Wildman–Crippen LogP) is 1.98. The topological polar surface area (TPSA) is 41.6 Å². The minimum Gasteiger partial charge on any atom is -0.384 e. The highest BCUT2D eigenvalue weighted by Crippen LogP contribution is 2.17. The summed E-state index contributed by atoms with van der Waals surface area (Å²) in [6.45, 7) is 2.88. The quantitative estimate of drug-likeness (QED) is 0.882. The predicted molar refractivity (Wildman–Crippen MR) is 76.1 cm³/mol. The molecule has 0 spiro atoms. The third-order valence-corrected chi connectivity index (χ3v) is 3.59. The third-order valence-electron chi connectivity index (χ3n) is 3.59. The average Bonchev–Trinajstić information content (AvgIpc) is 2.47. The molecule has 4 nitrogen and oxygen atoms in total. The lowest BCUT2D eigenvalue weighted by Gasteiger charge is -2.31. The van der Waals surface area contributed by atoms with Crippen molar-refractivity contribution < 1.29 is 9.53 Å². The molecule has 104 valence electrons. The van der Waals surface area contributed by atoms with Gasteiger partial charge in [-0.05, 0) is 30.9 Å². The van der Waals surface area contributed by atoms with Crippen LogP contribution in [0.3, 0.4) is 0 Å². The Balaban J connectivity index is 1.73. The minimum absolute atomic E-state index is 0.180. The number of rotatable bonds is 5. The Morgan fingerprint density at radius 3 is 2.63 bits per heavy atom. The van der Waals surface area contributed by atoms with Gasteiger partial charge in [0.15, 0.2) is 0 Å². The fourth-order valence-corrected chi connectivity index (χ4v) is 2.43. The van der Waals surface area contributed by atoms with E-state index >= 15 is 0 Å². The van der Waals surface area contributed by atoms with Gasteiger partial charge in [0.1, 0.15) is 0 Å². The molecule has 1 aliphatic heterocycles. The Kier molecular flexibility index (Phi) is 5.21. The number of likely N-dealkylation sites (tertiary alicyclic amines) is 1. The lowest BCUT2D eigenvalue weighted by atomic mass is 9.98. The molecule has 0 bridgehead atoms. The van der Waals surface area contributed by atoms with Crippen molar-refractivity contribution in [3.8, 4) is 0 Å². The molecule has 0 aromatic heterocycles. The molecule has 0 atom stereocenters. The summed E-state index contributed by atoms with van der Waals surface area (Å²) in [4.78, 5) is 14.0. The summed E-state index contributed by atoms with van der Waals surface area (Å²) in [7, 11) is 1.74. The van der Waals surface area contributed by atoms with Crippen LogP contribution in [0.25, 0.3) is 0 Å². The van der Waals surface area contributed by atoms with Gasteiger partial charge in [0.25, 0.3) is 0 Å². The van der Waals surface area contributed by atoms with Gasteiger partial charge in [-0.3, -0.25) is 4.79 Å². The Bertz CT molecular complexity index is 386. The van der Waals surface area contributed by atoms with Crippen LogP contribution in [0, 0.1) is 5.92 Å². The molecule has 2 rings (SSSR count). The van der Waals surface area contributed by atoms with Crippen molar-refractivity contribution in [3.05, 3.63) is 30.3 Å². The van der Waals surface area contributed by atoms with E-state index in [4.69, 9.17) is 4.74 Å². The molecule has 0 aliphatic carbocycles. The number of anilines is 1. The van der Waals surface area contributed by atoms with Crippen LogP contribution in [-0.4, -0.2) is 44.2 Å². The van der Waals surface area contributed by atoms with E-state index in [2.05, 4.69) is 5.32 Å². The number of carbonyl (C=O) groups excluding carboxylic acids is 1. The molecule has 1 aromatic carbocycles. The van der Waals surface area contributed by atoms with Crippen molar-refractivity contribution in [1.82, 2.24) is 4.90 Å². The SMILES string of the molecule is COCC1CCN(C(=O)CNc2ccccc2)CC1. The van der Waals surface area contributed by atoms with Crippen molar-refractivity contribution in [2.45, 2.75) is 12.8 Å². The summed E-state index contributed by atoms with van der Waals surface area (Å²) in [6, 6.07) is 9.83. The largest absolute Gasteiger partial charge is 0.384 e. The second kappa shape index (κ2) is 7.14. The third kappa shape index (κ3) is 4.24. The second-order valence-electron chi connectivity index (χ2n) is 5.00. The zero-order valence-corrected chi connectivity index (χ0v) is 11.5. The van der Waals surface area contributed by atoms with Gasteiger partial charge in [0.2, 0.25) is 5.91 Å². The number of benzene rings is 1. The van der Waals surface area contributed by atoms with Gasteiger partial charge in [0.05, 0.1) is 6.54 Å². The summed E-state index contributed by atoms with van der Waals surface area (Å²) >= 11 is 0. The van der Waals surface area contributed by atoms with Crippen LogP contribution in [0.1, 0.15) is 12.8 Å².